The Morgan fingerprint density at radius 2 is 1.62 bits per heavy atom. The van der Waals surface area contributed by atoms with Crippen molar-refractivity contribution in [3.05, 3.63) is 0 Å². The van der Waals surface area contributed by atoms with E-state index in [0.717, 1.165) is 30.2 Å². The standard InChI is InChI=1S/C12H27N/c1-6-10(4)11(5)12(8-13)7-9(2)3/h9-12H,6-8,13H2,1-5H3. The third-order valence-electron chi connectivity index (χ3n) is 3.36. The quantitative estimate of drug-likeness (QED) is 0.675. The Morgan fingerprint density at radius 1 is 1.08 bits per heavy atom. The molecule has 0 aromatic carbocycles. The van der Waals surface area contributed by atoms with Crippen LogP contribution >= 0.6 is 0 Å². The van der Waals surface area contributed by atoms with Gasteiger partial charge in [0.15, 0.2) is 0 Å². The zero-order valence-electron chi connectivity index (χ0n) is 10.0. The van der Waals surface area contributed by atoms with Crippen molar-refractivity contribution in [3.63, 3.8) is 0 Å². The monoisotopic (exact) mass is 185 g/mol. The molecule has 3 unspecified atom stereocenters. The number of nitrogens with two attached hydrogens (primary N) is 1. The van der Waals surface area contributed by atoms with Crippen LogP contribution in [0.4, 0.5) is 0 Å². The second kappa shape index (κ2) is 6.42. The minimum atomic E-state index is 0.718. The van der Waals surface area contributed by atoms with Gasteiger partial charge < -0.3 is 5.73 Å². The van der Waals surface area contributed by atoms with Gasteiger partial charge in [0.2, 0.25) is 0 Å². The normalized spacial score (nSPS) is 18.7. The molecular weight excluding hydrogens is 158 g/mol. The molecule has 1 nitrogen and oxygen atoms in total. The molecule has 2 N–H and O–H groups in total. The predicted molar refractivity (Wildman–Crippen MR) is 60.6 cm³/mol. The van der Waals surface area contributed by atoms with Crippen LogP contribution in [-0.4, -0.2) is 6.54 Å². The summed E-state index contributed by atoms with van der Waals surface area (Å²) in [6.07, 6.45) is 2.55. The molecule has 0 aliphatic rings. The van der Waals surface area contributed by atoms with E-state index >= 15 is 0 Å². The minimum absolute atomic E-state index is 0.718. The Hall–Kier alpha value is -0.0400. The van der Waals surface area contributed by atoms with Gasteiger partial charge in [-0.3, -0.25) is 0 Å². The predicted octanol–water partition coefficient (Wildman–Crippen LogP) is 3.29. The molecule has 0 aliphatic carbocycles. The van der Waals surface area contributed by atoms with E-state index in [1.165, 1.54) is 12.8 Å². The van der Waals surface area contributed by atoms with Crippen LogP contribution in [0.1, 0.15) is 47.5 Å². The maximum Gasteiger partial charge on any atom is -0.00461 e. The van der Waals surface area contributed by atoms with Crippen molar-refractivity contribution in [1.82, 2.24) is 0 Å². The summed E-state index contributed by atoms with van der Waals surface area (Å²) in [5.41, 5.74) is 5.81. The lowest BCUT2D eigenvalue weighted by Gasteiger charge is -2.28. The molecule has 80 valence electrons. The lowest BCUT2D eigenvalue weighted by molar-refractivity contribution is 0.229. The first-order valence-corrected chi connectivity index (χ1v) is 5.72. The van der Waals surface area contributed by atoms with Gasteiger partial charge in [-0.1, -0.05) is 41.0 Å². The summed E-state index contributed by atoms with van der Waals surface area (Å²) in [4.78, 5) is 0. The van der Waals surface area contributed by atoms with E-state index < -0.39 is 0 Å². The molecule has 0 radical (unpaired) electrons. The van der Waals surface area contributed by atoms with Crippen LogP contribution < -0.4 is 5.73 Å². The molecule has 0 rings (SSSR count). The molecule has 0 fully saturated rings. The fraction of sp³-hybridized carbons (Fsp3) is 1.00. The van der Waals surface area contributed by atoms with Gasteiger partial charge in [0, 0.05) is 0 Å². The smallest absolute Gasteiger partial charge is 0.00461 e. The molecule has 0 bridgehead atoms. The van der Waals surface area contributed by atoms with E-state index in [9.17, 15) is 0 Å². The SMILES string of the molecule is CCC(C)C(C)C(CN)CC(C)C. The number of hydrogen-bond acceptors (Lipinski definition) is 1. The summed E-state index contributed by atoms with van der Waals surface area (Å²) in [5.74, 6) is 3.08. The summed E-state index contributed by atoms with van der Waals surface area (Å²) in [7, 11) is 0. The first-order chi connectivity index (χ1) is 6.02. The van der Waals surface area contributed by atoms with E-state index in [-0.39, 0.29) is 0 Å². The van der Waals surface area contributed by atoms with Gasteiger partial charge in [0.25, 0.3) is 0 Å². The van der Waals surface area contributed by atoms with Gasteiger partial charge in [0.1, 0.15) is 0 Å². The zero-order valence-corrected chi connectivity index (χ0v) is 10.0. The Labute approximate surface area is 84.1 Å². The van der Waals surface area contributed by atoms with Crippen LogP contribution in [0.2, 0.25) is 0 Å². The molecule has 0 aromatic rings. The molecule has 1 heteroatoms. The van der Waals surface area contributed by atoms with E-state index in [4.69, 9.17) is 5.73 Å². The summed E-state index contributed by atoms with van der Waals surface area (Å²) < 4.78 is 0. The fourth-order valence-corrected chi connectivity index (χ4v) is 1.97. The van der Waals surface area contributed by atoms with Crippen LogP contribution in [0.15, 0.2) is 0 Å². The van der Waals surface area contributed by atoms with Crippen LogP contribution in [-0.2, 0) is 0 Å². The molecule has 0 saturated carbocycles. The minimum Gasteiger partial charge on any atom is -0.330 e. The average Bonchev–Trinajstić information content (AvgIpc) is 2.11. The van der Waals surface area contributed by atoms with Gasteiger partial charge in [-0.25, -0.2) is 0 Å². The molecule has 13 heavy (non-hydrogen) atoms. The van der Waals surface area contributed by atoms with Gasteiger partial charge in [-0.05, 0) is 36.6 Å². The van der Waals surface area contributed by atoms with E-state index in [1.807, 2.05) is 0 Å². The molecule has 0 amide bonds. The van der Waals surface area contributed by atoms with Crippen molar-refractivity contribution in [2.45, 2.75) is 47.5 Å². The Bertz CT molecular complexity index is 120. The van der Waals surface area contributed by atoms with Crippen LogP contribution in [0, 0.1) is 23.7 Å². The summed E-state index contributed by atoms with van der Waals surface area (Å²) in [5, 5.41) is 0. The third-order valence-corrected chi connectivity index (χ3v) is 3.36. The lowest BCUT2D eigenvalue weighted by atomic mass is 9.79. The second-order valence-electron chi connectivity index (χ2n) is 4.87. The van der Waals surface area contributed by atoms with Crippen LogP contribution in [0.25, 0.3) is 0 Å². The van der Waals surface area contributed by atoms with Gasteiger partial charge in [-0.15, -0.1) is 0 Å². The summed E-state index contributed by atoms with van der Waals surface area (Å²) in [6, 6.07) is 0. The highest BCUT2D eigenvalue weighted by atomic mass is 14.6. The molecule has 0 aromatic heterocycles. The van der Waals surface area contributed by atoms with Gasteiger partial charge >= 0.3 is 0 Å². The highest BCUT2D eigenvalue weighted by Crippen LogP contribution is 2.27. The van der Waals surface area contributed by atoms with E-state index in [2.05, 4.69) is 34.6 Å². The van der Waals surface area contributed by atoms with E-state index in [0.29, 0.717) is 0 Å². The molecule has 0 aliphatic heterocycles. The summed E-state index contributed by atoms with van der Waals surface area (Å²) >= 11 is 0. The first-order valence-electron chi connectivity index (χ1n) is 5.72. The highest BCUT2D eigenvalue weighted by Gasteiger charge is 2.21. The van der Waals surface area contributed by atoms with Crippen molar-refractivity contribution in [2.75, 3.05) is 6.54 Å². The fourth-order valence-electron chi connectivity index (χ4n) is 1.97. The average molecular weight is 185 g/mol. The third kappa shape index (κ3) is 4.66. The van der Waals surface area contributed by atoms with E-state index in [1.54, 1.807) is 0 Å². The maximum absolute atomic E-state index is 5.81. The maximum atomic E-state index is 5.81. The van der Waals surface area contributed by atoms with Crippen LogP contribution in [0.5, 0.6) is 0 Å². The van der Waals surface area contributed by atoms with Crippen LogP contribution in [0.3, 0.4) is 0 Å². The first kappa shape index (κ1) is 13.0. The van der Waals surface area contributed by atoms with Crippen molar-refractivity contribution in [3.8, 4) is 0 Å². The molecule has 0 saturated heterocycles. The topological polar surface area (TPSA) is 26.0 Å². The Balaban J connectivity index is 4.05. The molecule has 0 heterocycles. The largest absolute Gasteiger partial charge is 0.330 e. The Morgan fingerprint density at radius 3 is 1.92 bits per heavy atom. The Kier molecular flexibility index (Phi) is 6.40. The van der Waals surface area contributed by atoms with Crippen molar-refractivity contribution in [1.29, 1.82) is 0 Å². The van der Waals surface area contributed by atoms with Gasteiger partial charge in [-0.2, -0.15) is 0 Å². The molecular formula is C12H27N. The molecule has 3 atom stereocenters. The second-order valence-corrected chi connectivity index (χ2v) is 4.87. The zero-order chi connectivity index (χ0) is 10.4. The highest BCUT2D eigenvalue weighted by molar-refractivity contribution is 4.72. The van der Waals surface area contributed by atoms with Crippen molar-refractivity contribution in [2.24, 2.45) is 29.4 Å². The van der Waals surface area contributed by atoms with Crippen molar-refractivity contribution >= 4 is 0 Å². The molecule has 0 spiro atoms. The number of hydrogen-bond donors (Lipinski definition) is 1. The van der Waals surface area contributed by atoms with Crippen molar-refractivity contribution < 1.29 is 0 Å². The summed E-state index contributed by atoms with van der Waals surface area (Å²) in [6.45, 7) is 12.4. The number of rotatable bonds is 6. The lowest BCUT2D eigenvalue weighted by Crippen LogP contribution is -2.27. The van der Waals surface area contributed by atoms with Gasteiger partial charge in [0.05, 0.1) is 0 Å².